The van der Waals surface area contributed by atoms with Crippen molar-refractivity contribution in [3.63, 3.8) is 0 Å². The van der Waals surface area contributed by atoms with Crippen molar-refractivity contribution < 1.29 is 0 Å². The van der Waals surface area contributed by atoms with E-state index in [0.717, 1.165) is 25.6 Å². The molecule has 1 N–H and O–H groups in total. The van der Waals surface area contributed by atoms with Gasteiger partial charge in [0.05, 0.1) is 0 Å². The lowest BCUT2D eigenvalue weighted by atomic mass is 10.2. The summed E-state index contributed by atoms with van der Waals surface area (Å²) in [6.45, 7) is 5.37. The molecule has 1 aliphatic heterocycles. The highest BCUT2D eigenvalue weighted by atomic mass is 15.5. The van der Waals surface area contributed by atoms with Crippen molar-refractivity contribution in [2.75, 3.05) is 18.5 Å². The molecule has 0 unspecified atom stereocenters. The Balaban J connectivity index is 1.95. The molecule has 0 aromatic carbocycles. The maximum atomic E-state index is 4.29. The van der Waals surface area contributed by atoms with Gasteiger partial charge >= 0.3 is 0 Å². The summed E-state index contributed by atoms with van der Waals surface area (Å²) >= 11 is 0. The summed E-state index contributed by atoms with van der Waals surface area (Å²) in [6.07, 6.45) is 7.79. The summed E-state index contributed by atoms with van der Waals surface area (Å²) in [7, 11) is 0. The molecule has 1 fully saturated rings. The smallest absolute Gasteiger partial charge is 0.217 e. The molecular weight excluding hydrogens is 176 g/mol. The zero-order valence-electron chi connectivity index (χ0n) is 8.74. The highest BCUT2D eigenvalue weighted by Crippen LogP contribution is 2.11. The molecule has 2 heterocycles. The molecule has 1 aromatic heterocycles. The molecule has 78 valence electrons. The van der Waals surface area contributed by atoms with E-state index in [1.165, 1.54) is 19.3 Å². The van der Waals surface area contributed by atoms with Gasteiger partial charge in [-0.1, -0.05) is 6.42 Å². The second kappa shape index (κ2) is 4.46. The van der Waals surface area contributed by atoms with E-state index in [0.29, 0.717) is 0 Å². The van der Waals surface area contributed by atoms with E-state index in [1.54, 1.807) is 0 Å². The standard InChI is InChI=1S/C10H18N4/c1-2-13-9-6-11-10(13)12-14-7-4-3-5-8-14/h6,9H,2-5,7-8H2,1H3,(H,11,12). The van der Waals surface area contributed by atoms with Crippen molar-refractivity contribution in [2.24, 2.45) is 0 Å². The fourth-order valence-corrected chi connectivity index (χ4v) is 1.82. The van der Waals surface area contributed by atoms with Crippen LogP contribution in [0.1, 0.15) is 26.2 Å². The molecule has 1 aliphatic rings. The Hall–Kier alpha value is -1.03. The van der Waals surface area contributed by atoms with E-state index in [-0.39, 0.29) is 0 Å². The minimum Gasteiger partial charge on any atom is -0.317 e. The molecular formula is C10H18N4. The molecule has 0 atom stereocenters. The van der Waals surface area contributed by atoms with Gasteiger partial charge in [0.1, 0.15) is 0 Å². The number of rotatable bonds is 3. The number of imidazole rings is 1. The van der Waals surface area contributed by atoms with Gasteiger partial charge in [0, 0.05) is 32.0 Å². The lowest BCUT2D eigenvalue weighted by molar-refractivity contribution is 0.270. The number of hydrazine groups is 1. The van der Waals surface area contributed by atoms with Crippen LogP contribution in [0.25, 0.3) is 0 Å². The molecule has 0 amide bonds. The van der Waals surface area contributed by atoms with Crippen LogP contribution in [0.2, 0.25) is 0 Å². The predicted octanol–water partition coefficient (Wildman–Crippen LogP) is 1.72. The normalized spacial score (nSPS) is 18.4. The quantitative estimate of drug-likeness (QED) is 0.795. The van der Waals surface area contributed by atoms with Crippen molar-refractivity contribution in [1.29, 1.82) is 0 Å². The summed E-state index contributed by atoms with van der Waals surface area (Å²) in [5.41, 5.74) is 3.37. The van der Waals surface area contributed by atoms with Crippen LogP contribution in [0.4, 0.5) is 5.95 Å². The van der Waals surface area contributed by atoms with Gasteiger partial charge in [-0.15, -0.1) is 0 Å². The van der Waals surface area contributed by atoms with Crippen molar-refractivity contribution in [1.82, 2.24) is 14.6 Å². The van der Waals surface area contributed by atoms with Crippen molar-refractivity contribution in [3.05, 3.63) is 12.4 Å². The minimum atomic E-state index is 0.967. The van der Waals surface area contributed by atoms with Gasteiger partial charge in [-0.05, 0) is 19.8 Å². The summed E-state index contributed by atoms with van der Waals surface area (Å²) in [5, 5.41) is 2.26. The first-order valence-electron chi connectivity index (χ1n) is 5.43. The number of aryl methyl sites for hydroxylation is 1. The lowest BCUT2D eigenvalue weighted by Crippen LogP contribution is -2.35. The summed E-state index contributed by atoms with van der Waals surface area (Å²) < 4.78 is 2.12. The van der Waals surface area contributed by atoms with Crippen LogP contribution >= 0.6 is 0 Å². The Labute approximate surface area is 84.9 Å². The van der Waals surface area contributed by atoms with Crippen LogP contribution in [0, 0.1) is 0 Å². The second-order valence-electron chi connectivity index (χ2n) is 3.70. The Morgan fingerprint density at radius 2 is 2.14 bits per heavy atom. The molecule has 0 bridgehead atoms. The van der Waals surface area contributed by atoms with Crippen LogP contribution in [0.5, 0.6) is 0 Å². The highest BCUT2D eigenvalue weighted by molar-refractivity contribution is 5.24. The molecule has 2 rings (SSSR count). The average Bonchev–Trinajstić information content (AvgIpc) is 2.67. The Morgan fingerprint density at radius 1 is 1.36 bits per heavy atom. The number of hydrogen-bond acceptors (Lipinski definition) is 3. The maximum absolute atomic E-state index is 4.29. The third-order valence-electron chi connectivity index (χ3n) is 2.67. The average molecular weight is 194 g/mol. The monoisotopic (exact) mass is 194 g/mol. The molecule has 0 radical (unpaired) electrons. The van der Waals surface area contributed by atoms with Gasteiger partial charge < -0.3 is 4.57 Å². The molecule has 14 heavy (non-hydrogen) atoms. The van der Waals surface area contributed by atoms with Gasteiger partial charge in [-0.25, -0.2) is 9.99 Å². The minimum absolute atomic E-state index is 0.967. The molecule has 1 saturated heterocycles. The maximum Gasteiger partial charge on any atom is 0.217 e. The van der Waals surface area contributed by atoms with Gasteiger partial charge in [-0.3, -0.25) is 5.43 Å². The van der Waals surface area contributed by atoms with Gasteiger partial charge in [0.15, 0.2) is 0 Å². The molecule has 4 heteroatoms. The topological polar surface area (TPSA) is 33.1 Å². The fourth-order valence-electron chi connectivity index (χ4n) is 1.82. The summed E-state index contributed by atoms with van der Waals surface area (Å²) in [4.78, 5) is 4.29. The predicted molar refractivity (Wildman–Crippen MR) is 56.9 cm³/mol. The van der Waals surface area contributed by atoms with E-state index in [1.807, 2.05) is 12.4 Å². The summed E-state index contributed by atoms with van der Waals surface area (Å²) in [6, 6.07) is 0. The highest BCUT2D eigenvalue weighted by Gasteiger charge is 2.11. The number of anilines is 1. The van der Waals surface area contributed by atoms with Crippen molar-refractivity contribution in [3.8, 4) is 0 Å². The van der Waals surface area contributed by atoms with Gasteiger partial charge in [0.2, 0.25) is 5.95 Å². The lowest BCUT2D eigenvalue weighted by Gasteiger charge is -2.27. The van der Waals surface area contributed by atoms with Crippen LogP contribution in [-0.2, 0) is 6.54 Å². The van der Waals surface area contributed by atoms with Crippen LogP contribution < -0.4 is 5.43 Å². The SMILES string of the molecule is CCn1ccnc1NN1CCCCC1. The first-order chi connectivity index (χ1) is 6.90. The molecule has 0 saturated carbocycles. The van der Waals surface area contributed by atoms with E-state index in [2.05, 4.69) is 26.9 Å². The van der Waals surface area contributed by atoms with Crippen molar-refractivity contribution in [2.45, 2.75) is 32.7 Å². The zero-order chi connectivity index (χ0) is 9.80. The first-order valence-corrected chi connectivity index (χ1v) is 5.43. The second-order valence-corrected chi connectivity index (χ2v) is 3.70. The Bertz CT molecular complexity index is 275. The van der Waals surface area contributed by atoms with E-state index in [9.17, 15) is 0 Å². The Morgan fingerprint density at radius 3 is 2.86 bits per heavy atom. The number of aromatic nitrogens is 2. The zero-order valence-corrected chi connectivity index (χ0v) is 8.74. The van der Waals surface area contributed by atoms with Crippen LogP contribution in [-0.4, -0.2) is 27.6 Å². The Kier molecular flexibility index (Phi) is 3.03. The van der Waals surface area contributed by atoms with E-state index in [4.69, 9.17) is 0 Å². The number of piperidine rings is 1. The number of nitrogens with one attached hydrogen (secondary N) is 1. The molecule has 0 aliphatic carbocycles. The van der Waals surface area contributed by atoms with Gasteiger partial charge in [0.25, 0.3) is 0 Å². The number of nitrogens with zero attached hydrogens (tertiary/aromatic N) is 3. The third-order valence-corrected chi connectivity index (χ3v) is 2.67. The van der Waals surface area contributed by atoms with Crippen LogP contribution in [0.15, 0.2) is 12.4 Å². The van der Waals surface area contributed by atoms with Crippen LogP contribution in [0.3, 0.4) is 0 Å². The molecule has 1 aromatic rings. The third kappa shape index (κ3) is 2.07. The first kappa shape index (κ1) is 9.52. The number of hydrogen-bond donors (Lipinski definition) is 1. The van der Waals surface area contributed by atoms with Crippen molar-refractivity contribution >= 4 is 5.95 Å². The van der Waals surface area contributed by atoms with E-state index < -0.39 is 0 Å². The van der Waals surface area contributed by atoms with Gasteiger partial charge in [-0.2, -0.15) is 0 Å². The molecule has 0 spiro atoms. The summed E-state index contributed by atoms with van der Waals surface area (Å²) in [5.74, 6) is 0.967. The largest absolute Gasteiger partial charge is 0.317 e. The fraction of sp³-hybridized carbons (Fsp3) is 0.700. The van der Waals surface area contributed by atoms with E-state index >= 15 is 0 Å². The molecule has 4 nitrogen and oxygen atoms in total.